The number of alkyl halides is 6. The van der Waals surface area contributed by atoms with Crippen LogP contribution >= 0.6 is 0 Å². The topological polar surface area (TPSA) is 21.3 Å². The fourth-order valence-electron chi connectivity index (χ4n) is 2.05. The predicted molar refractivity (Wildman–Crippen MR) is 68.1 cm³/mol. The fraction of sp³-hybridized carbons (Fsp3) is 1.00. The van der Waals surface area contributed by atoms with Crippen molar-refractivity contribution >= 4 is 0 Å². The van der Waals surface area contributed by atoms with Crippen molar-refractivity contribution in [3.8, 4) is 0 Å². The highest BCUT2D eigenvalue weighted by Gasteiger charge is 2.58. The summed E-state index contributed by atoms with van der Waals surface area (Å²) in [5.41, 5.74) is 0. The van der Waals surface area contributed by atoms with E-state index in [1.54, 1.807) is 0 Å². The van der Waals surface area contributed by atoms with E-state index in [1.807, 2.05) is 13.8 Å². The largest absolute Gasteiger partial charge is 0.423 e. The van der Waals surface area contributed by atoms with Gasteiger partial charge in [0.2, 0.25) is 6.10 Å². The van der Waals surface area contributed by atoms with Crippen molar-refractivity contribution < 1.29 is 31.1 Å². The SMILES string of the molecule is CCCNC(CCC)C(CC)OC(C(F)(F)F)C(F)(F)F. The Morgan fingerprint density at radius 2 is 1.43 bits per heavy atom. The van der Waals surface area contributed by atoms with Gasteiger partial charge in [-0.05, 0) is 25.8 Å². The number of ether oxygens (including phenoxy) is 1. The zero-order valence-electron chi connectivity index (χ0n) is 12.4. The van der Waals surface area contributed by atoms with E-state index in [0.717, 1.165) is 6.42 Å². The van der Waals surface area contributed by atoms with Gasteiger partial charge < -0.3 is 10.1 Å². The summed E-state index contributed by atoms with van der Waals surface area (Å²) in [6.45, 7) is 5.72. The molecule has 21 heavy (non-hydrogen) atoms. The Balaban J connectivity index is 5.04. The van der Waals surface area contributed by atoms with Gasteiger partial charge in [-0.15, -0.1) is 0 Å². The summed E-state index contributed by atoms with van der Waals surface area (Å²) in [7, 11) is 0. The molecule has 0 radical (unpaired) electrons. The van der Waals surface area contributed by atoms with Crippen LogP contribution in [-0.4, -0.2) is 37.1 Å². The van der Waals surface area contributed by atoms with Gasteiger partial charge in [-0.25, -0.2) is 0 Å². The second-order valence-electron chi connectivity index (χ2n) is 4.90. The second-order valence-corrected chi connectivity index (χ2v) is 4.90. The van der Waals surface area contributed by atoms with E-state index >= 15 is 0 Å². The van der Waals surface area contributed by atoms with Gasteiger partial charge in [-0.2, -0.15) is 26.3 Å². The van der Waals surface area contributed by atoms with Crippen LogP contribution in [0, 0.1) is 0 Å². The lowest BCUT2D eigenvalue weighted by molar-refractivity contribution is -0.332. The summed E-state index contributed by atoms with van der Waals surface area (Å²) < 4.78 is 79.7. The maximum Gasteiger partial charge on any atom is 0.423 e. The molecule has 0 aliphatic heterocycles. The fourth-order valence-corrected chi connectivity index (χ4v) is 2.05. The summed E-state index contributed by atoms with van der Waals surface area (Å²) in [6.07, 6.45) is -13.9. The van der Waals surface area contributed by atoms with E-state index in [2.05, 4.69) is 10.1 Å². The Morgan fingerprint density at radius 3 is 1.76 bits per heavy atom. The molecule has 0 aliphatic rings. The lowest BCUT2D eigenvalue weighted by Gasteiger charge is -2.32. The summed E-state index contributed by atoms with van der Waals surface area (Å²) in [6, 6.07) is -0.521. The molecule has 0 aromatic heterocycles. The molecule has 0 amide bonds. The molecule has 0 aliphatic carbocycles. The normalized spacial score (nSPS) is 16.3. The lowest BCUT2D eigenvalue weighted by Crippen LogP contribution is -2.51. The molecule has 0 heterocycles. The van der Waals surface area contributed by atoms with Crippen LogP contribution in [0.5, 0.6) is 0 Å². The maximum atomic E-state index is 12.5. The Labute approximate surface area is 121 Å². The summed E-state index contributed by atoms with van der Waals surface area (Å²) in [5, 5.41) is 2.97. The summed E-state index contributed by atoms with van der Waals surface area (Å²) in [4.78, 5) is 0. The van der Waals surface area contributed by atoms with Gasteiger partial charge in [-0.3, -0.25) is 0 Å². The number of nitrogens with one attached hydrogen (secondary N) is 1. The van der Waals surface area contributed by atoms with E-state index in [9.17, 15) is 26.3 Å². The van der Waals surface area contributed by atoms with Crippen LogP contribution in [0.15, 0.2) is 0 Å². The molecule has 8 heteroatoms. The number of hydrogen-bond acceptors (Lipinski definition) is 2. The van der Waals surface area contributed by atoms with E-state index in [-0.39, 0.29) is 6.42 Å². The van der Waals surface area contributed by atoms with E-state index in [0.29, 0.717) is 19.4 Å². The summed E-state index contributed by atoms with van der Waals surface area (Å²) >= 11 is 0. The quantitative estimate of drug-likeness (QED) is 0.633. The molecule has 0 rings (SSSR count). The molecule has 1 N–H and O–H groups in total. The van der Waals surface area contributed by atoms with Gasteiger partial charge in [0, 0.05) is 6.04 Å². The Hall–Kier alpha value is -0.500. The van der Waals surface area contributed by atoms with Crippen molar-refractivity contribution in [1.82, 2.24) is 5.32 Å². The molecular formula is C13H23F6NO. The first-order valence-corrected chi connectivity index (χ1v) is 7.10. The van der Waals surface area contributed by atoms with Crippen molar-refractivity contribution in [2.45, 2.75) is 77.1 Å². The zero-order valence-corrected chi connectivity index (χ0v) is 12.4. The first-order chi connectivity index (χ1) is 9.57. The molecule has 2 atom stereocenters. The highest BCUT2D eigenvalue weighted by molar-refractivity contribution is 4.82. The lowest BCUT2D eigenvalue weighted by atomic mass is 10.0. The van der Waals surface area contributed by atoms with Crippen molar-refractivity contribution in [1.29, 1.82) is 0 Å². The van der Waals surface area contributed by atoms with Gasteiger partial charge in [0.15, 0.2) is 0 Å². The van der Waals surface area contributed by atoms with Crippen LogP contribution in [0.3, 0.4) is 0 Å². The van der Waals surface area contributed by atoms with Crippen LogP contribution in [0.4, 0.5) is 26.3 Å². The third-order valence-corrected chi connectivity index (χ3v) is 3.01. The minimum atomic E-state index is -5.47. The van der Waals surface area contributed by atoms with Crippen molar-refractivity contribution in [2.75, 3.05) is 6.54 Å². The Bertz CT molecular complexity index is 265. The average molecular weight is 323 g/mol. The first-order valence-electron chi connectivity index (χ1n) is 7.10. The first kappa shape index (κ1) is 20.5. The third-order valence-electron chi connectivity index (χ3n) is 3.01. The molecule has 0 spiro atoms. The molecule has 0 bridgehead atoms. The monoisotopic (exact) mass is 323 g/mol. The van der Waals surface area contributed by atoms with Crippen molar-refractivity contribution in [2.24, 2.45) is 0 Å². The zero-order chi connectivity index (χ0) is 16.7. The molecule has 0 fully saturated rings. The smallest absolute Gasteiger partial charge is 0.356 e. The van der Waals surface area contributed by atoms with Gasteiger partial charge in [0.25, 0.3) is 0 Å². The molecule has 2 unspecified atom stereocenters. The van der Waals surface area contributed by atoms with Crippen molar-refractivity contribution in [3.05, 3.63) is 0 Å². The molecule has 0 saturated carbocycles. The highest BCUT2D eigenvalue weighted by Crippen LogP contribution is 2.37. The van der Waals surface area contributed by atoms with Crippen molar-refractivity contribution in [3.63, 3.8) is 0 Å². The standard InChI is InChI=1S/C13H23F6NO/c1-4-7-9(20-8-5-2)10(6-3)21-11(12(14,15)16)13(17,18)19/h9-11,20H,4-8H2,1-3H3. The van der Waals surface area contributed by atoms with Gasteiger partial charge in [-0.1, -0.05) is 27.2 Å². The van der Waals surface area contributed by atoms with Gasteiger partial charge >= 0.3 is 12.4 Å². The van der Waals surface area contributed by atoms with Crippen LogP contribution in [0.2, 0.25) is 0 Å². The van der Waals surface area contributed by atoms with Crippen LogP contribution in [0.1, 0.15) is 46.5 Å². The number of hydrogen-bond donors (Lipinski definition) is 1. The minimum absolute atomic E-state index is 0.0735. The molecule has 128 valence electrons. The number of rotatable bonds is 9. The summed E-state index contributed by atoms with van der Waals surface area (Å²) in [5.74, 6) is 0. The van der Waals surface area contributed by atoms with E-state index in [1.165, 1.54) is 6.92 Å². The van der Waals surface area contributed by atoms with E-state index in [4.69, 9.17) is 0 Å². The predicted octanol–water partition coefficient (Wildman–Crippen LogP) is 4.44. The second kappa shape index (κ2) is 8.82. The van der Waals surface area contributed by atoms with Gasteiger partial charge in [0.05, 0.1) is 6.10 Å². The number of halogens is 6. The molecule has 0 saturated heterocycles. The van der Waals surface area contributed by atoms with E-state index < -0.39 is 30.6 Å². The van der Waals surface area contributed by atoms with Crippen LogP contribution in [-0.2, 0) is 4.74 Å². The maximum absolute atomic E-state index is 12.5. The van der Waals surface area contributed by atoms with Crippen LogP contribution < -0.4 is 5.32 Å². The highest BCUT2D eigenvalue weighted by atomic mass is 19.4. The molecular weight excluding hydrogens is 300 g/mol. The average Bonchev–Trinajstić information content (AvgIpc) is 2.33. The third kappa shape index (κ3) is 7.35. The molecule has 0 aromatic rings. The Kier molecular flexibility index (Phi) is 8.61. The van der Waals surface area contributed by atoms with Crippen LogP contribution in [0.25, 0.3) is 0 Å². The molecule has 0 aromatic carbocycles. The van der Waals surface area contributed by atoms with Gasteiger partial charge in [0.1, 0.15) is 0 Å². The Morgan fingerprint density at radius 1 is 0.905 bits per heavy atom. The minimum Gasteiger partial charge on any atom is -0.356 e. The molecule has 2 nitrogen and oxygen atoms in total.